The first kappa shape index (κ1) is 11.8. The van der Waals surface area contributed by atoms with Gasteiger partial charge in [0.15, 0.2) is 11.5 Å². The molecule has 18 heavy (non-hydrogen) atoms. The molecule has 1 aromatic carbocycles. The van der Waals surface area contributed by atoms with E-state index in [2.05, 4.69) is 17.4 Å². The van der Waals surface area contributed by atoms with Crippen molar-refractivity contribution in [1.82, 2.24) is 5.32 Å². The zero-order chi connectivity index (χ0) is 12.6. The number of hydrogen-bond acceptors (Lipinski definition) is 3. The van der Waals surface area contributed by atoms with Crippen molar-refractivity contribution >= 4 is 0 Å². The normalized spacial score (nSPS) is 20.8. The van der Waals surface area contributed by atoms with Gasteiger partial charge in [0.1, 0.15) is 0 Å². The summed E-state index contributed by atoms with van der Waals surface area (Å²) >= 11 is 0. The molecule has 3 nitrogen and oxygen atoms in total. The molecule has 0 unspecified atom stereocenters. The second-order valence-electron chi connectivity index (χ2n) is 5.46. The fourth-order valence-corrected chi connectivity index (χ4v) is 3.59. The number of fused-ring (bicyclic) bond motifs is 2. The maximum absolute atomic E-state index is 5.46. The summed E-state index contributed by atoms with van der Waals surface area (Å²) in [6, 6.07) is 4.35. The molecule has 1 N–H and O–H groups in total. The fraction of sp³-hybridized carbons (Fsp3) is 0.600. The van der Waals surface area contributed by atoms with Gasteiger partial charge in [0.2, 0.25) is 0 Å². The van der Waals surface area contributed by atoms with Crippen molar-refractivity contribution in [2.24, 2.45) is 0 Å². The predicted octanol–water partition coefficient (Wildman–Crippen LogP) is 2.62. The summed E-state index contributed by atoms with van der Waals surface area (Å²) in [6.45, 7) is 2.05. The first-order chi connectivity index (χ1) is 8.79. The van der Waals surface area contributed by atoms with Gasteiger partial charge < -0.3 is 14.8 Å². The molecule has 1 saturated carbocycles. The Labute approximate surface area is 108 Å². The van der Waals surface area contributed by atoms with Crippen LogP contribution >= 0.6 is 0 Å². The van der Waals surface area contributed by atoms with Gasteiger partial charge in [-0.15, -0.1) is 0 Å². The third-order valence-corrected chi connectivity index (χ3v) is 4.52. The quantitative estimate of drug-likeness (QED) is 0.871. The lowest BCUT2D eigenvalue weighted by Gasteiger charge is -2.37. The van der Waals surface area contributed by atoms with Crippen LogP contribution in [-0.2, 0) is 12.0 Å². The summed E-state index contributed by atoms with van der Waals surface area (Å²) in [6.07, 6.45) is 5.27. The van der Waals surface area contributed by atoms with E-state index in [0.717, 1.165) is 24.6 Å². The molecule has 1 aromatic rings. The van der Waals surface area contributed by atoms with E-state index in [4.69, 9.17) is 9.47 Å². The lowest BCUT2D eigenvalue weighted by atomic mass is 9.74. The van der Waals surface area contributed by atoms with Crippen LogP contribution in [0, 0.1) is 0 Å². The Balaban J connectivity index is 2.11. The molecule has 0 atom stereocenters. The highest BCUT2D eigenvalue weighted by molar-refractivity contribution is 5.51. The highest BCUT2D eigenvalue weighted by atomic mass is 16.5. The first-order valence-electron chi connectivity index (χ1n) is 6.75. The molecule has 2 aliphatic rings. The average molecular weight is 247 g/mol. The smallest absolute Gasteiger partial charge is 0.161 e. The third-order valence-electron chi connectivity index (χ3n) is 4.52. The monoisotopic (exact) mass is 247 g/mol. The van der Waals surface area contributed by atoms with Crippen molar-refractivity contribution < 1.29 is 9.47 Å². The topological polar surface area (TPSA) is 30.5 Å². The molecule has 0 bridgehead atoms. The number of nitrogens with one attached hydrogen (secondary N) is 1. The van der Waals surface area contributed by atoms with E-state index in [1.807, 2.05) is 0 Å². The van der Waals surface area contributed by atoms with Crippen LogP contribution in [0.4, 0.5) is 0 Å². The second kappa shape index (κ2) is 4.47. The summed E-state index contributed by atoms with van der Waals surface area (Å²) in [5.41, 5.74) is 3.20. The number of rotatable bonds is 2. The highest BCUT2D eigenvalue weighted by Crippen LogP contribution is 2.46. The molecule has 1 heterocycles. The minimum atomic E-state index is 0.340. The van der Waals surface area contributed by atoms with Crippen LogP contribution in [0.1, 0.15) is 36.8 Å². The number of hydrogen-bond donors (Lipinski definition) is 1. The third kappa shape index (κ3) is 1.69. The summed E-state index contributed by atoms with van der Waals surface area (Å²) in [7, 11) is 3.42. The SMILES string of the molecule is COc1cc2c(cc1OC)C1(CCCC1)CNC2. The molecule has 1 spiro atoms. The van der Waals surface area contributed by atoms with Gasteiger partial charge in [-0.3, -0.25) is 0 Å². The summed E-state index contributed by atoms with van der Waals surface area (Å²) in [4.78, 5) is 0. The largest absolute Gasteiger partial charge is 0.493 e. The minimum absolute atomic E-state index is 0.340. The van der Waals surface area contributed by atoms with Gasteiger partial charge in [-0.1, -0.05) is 12.8 Å². The van der Waals surface area contributed by atoms with Crippen LogP contribution in [0.5, 0.6) is 11.5 Å². The molecule has 1 fully saturated rings. The fourth-order valence-electron chi connectivity index (χ4n) is 3.59. The van der Waals surface area contributed by atoms with Crippen molar-refractivity contribution in [3.05, 3.63) is 23.3 Å². The van der Waals surface area contributed by atoms with E-state index in [9.17, 15) is 0 Å². The standard InChI is InChI=1S/C15H21NO2/c1-17-13-7-11-9-16-10-15(5-3-4-6-15)12(11)8-14(13)18-2/h7-8,16H,3-6,9-10H2,1-2H3. The average Bonchev–Trinajstić information content (AvgIpc) is 2.87. The second-order valence-corrected chi connectivity index (χ2v) is 5.46. The van der Waals surface area contributed by atoms with Gasteiger partial charge in [0.25, 0.3) is 0 Å². The summed E-state index contributed by atoms with van der Waals surface area (Å²) < 4.78 is 10.9. The molecular weight excluding hydrogens is 226 g/mol. The number of methoxy groups -OCH3 is 2. The molecule has 98 valence electrons. The molecule has 0 aromatic heterocycles. The Morgan fingerprint density at radius 3 is 2.39 bits per heavy atom. The van der Waals surface area contributed by atoms with Crippen molar-refractivity contribution in [2.45, 2.75) is 37.6 Å². The van der Waals surface area contributed by atoms with Crippen molar-refractivity contribution in [3.8, 4) is 11.5 Å². The Morgan fingerprint density at radius 2 is 1.72 bits per heavy atom. The van der Waals surface area contributed by atoms with Crippen molar-refractivity contribution in [3.63, 3.8) is 0 Å². The molecule has 1 aliphatic carbocycles. The number of ether oxygens (including phenoxy) is 2. The van der Waals surface area contributed by atoms with E-state index >= 15 is 0 Å². The maximum Gasteiger partial charge on any atom is 0.161 e. The zero-order valence-electron chi connectivity index (χ0n) is 11.2. The van der Waals surface area contributed by atoms with Crippen LogP contribution in [0.3, 0.4) is 0 Å². The molecule has 0 radical (unpaired) electrons. The Bertz CT molecular complexity index is 450. The van der Waals surface area contributed by atoms with Gasteiger partial charge in [-0.05, 0) is 36.1 Å². The van der Waals surface area contributed by atoms with Crippen molar-refractivity contribution in [1.29, 1.82) is 0 Å². The highest BCUT2D eigenvalue weighted by Gasteiger charge is 2.39. The molecule has 3 rings (SSSR count). The lowest BCUT2D eigenvalue weighted by molar-refractivity contribution is 0.342. The van der Waals surface area contributed by atoms with Gasteiger partial charge in [0.05, 0.1) is 14.2 Å². The van der Waals surface area contributed by atoms with Gasteiger partial charge >= 0.3 is 0 Å². The lowest BCUT2D eigenvalue weighted by Crippen LogP contribution is -2.41. The van der Waals surface area contributed by atoms with Crippen LogP contribution < -0.4 is 14.8 Å². The van der Waals surface area contributed by atoms with E-state index in [1.54, 1.807) is 14.2 Å². The van der Waals surface area contributed by atoms with Crippen LogP contribution in [0.25, 0.3) is 0 Å². The Morgan fingerprint density at radius 1 is 1.06 bits per heavy atom. The van der Waals surface area contributed by atoms with E-state index in [-0.39, 0.29) is 0 Å². The maximum atomic E-state index is 5.46. The number of benzene rings is 1. The van der Waals surface area contributed by atoms with Crippen molar-refractivity contribution in [2.75, 3.05) is 20.8 Å². The van der Waals surface area contributed by atoms with E-state index in [1.165, 1.54) is 36.8 Å². The zero-order valence-corrected chi connectivity index (χ0v) is 11.2. The minimum Gasteiger partial charge on any atom is -0.493 e. The molecule has 1 aliphatic heterocycles. The summed E-state index contributed by atoms with van der Waals surface area (Å²) in [5, 5.41) is 3.57. The Kier molecular flexibility index (Phi) is 2.94. The van der Waals surface area contributed by atoms with Gasteiger partial charge in [-0.2, -0.15) is 0 Å². The van der Waals surface area contributed by atoms with Crippen LogP contribution in [-0.4, -0.2) is 20.8 Å². The van der Waals surface area contributed by atoms with E-state index in [0.29, 0.717) is 5.41 Å². The summed E-state index contributed by atoms with van der Waals surface area (Å²) in [5.74, 6) is 1.71. The van der Waals surface area contributed by atoms with Gasteiger partial charge in [0, 0.05) is 18.5 Å². The molecule has 0 amide bonds. The van der Waals surface area contributed by atoms with Gasteiger partial charge in [-0.25, -0.2) is 0 Å². The van der Waals surface area contributed by atoms with Crippen LogP contribution in [0.2, 0.25) is 0 Å². The van der Waals surface area contributed by atoms with Crippen LogP contribution in [0.15, 0.2) is 12.1 Å². The first-order valence-corrected chi connectivity index (χ1v) is 6.75. The molecule has 3 heteroatoms. The van der Waals surface area contributed by atoms with E-state index < -0.39 is 0 Å². The Hall–Kier alpha value is -1.22. The predicted molar refractivity (Wildman–Crippen MR) is 71.4 cm³/mol. The molecular formula is C15H21NO2. The molecule has 0 saturated heterocycles.